The number of benzene rings is 1. The molecule has 0 radical (unpaired) electrons. The quantitative estimate of drug-likeness (QED) is 0.859. The van der Waals surface area contributed by atoms with Crippen LogP contribution in [0.3, 0.4) is 0 Å². The van der Waals surface area contributed by atoms with Crippen molar-refractivity contribution in [3.05, 3.63) is 52.8 Å². The number of aromatic nitrogens is 2. The molecule has 0 saturated carbocycles. The van der Waals surface area contributed by atoms with Crippen molar-refractivity contribution in [2.75, 3.05) is 31.1 Å². The molecule has 1 aliphatic heterocycles. The summed E-state index contributed by atoms with van der Waals surface area (Å²) in [6.07, 6.45) is 3.99. The fraction of sp³-hybridized carbons (Fsp3) is 0.524. The van der Waals surface area contributed by atoms with Gasteiger partial charge in [-0.2, -0.15) is 16.9 Å². The van der Waals surface area contributed by atoms with Gasteiger partial charge in [0.25, 0.3) is 5.91 Å². The Labute approximate surface area is 165 Å². The molecule has 1 amide bonds. The molecular weight excluding hydrogens is 356 g/mol. The molecule has 144 valence electrons. The topological polar surface area (TPSA) is 50.2 Å². The number of hydrogen-bond acceptors (Lipinski definition) is 4. The number of nitrogens with one attached hydrogen (secondary N) is 1. The van der Waals surface area contributed by atoms with Gasteiger partial charge < -0.3 is 5.32 Å². The molecule has 4 rings (SSSR count). The number of carbonyl (C=O) groups excluding carboxylic acids is 1. The summed E-state index contributed by atoms with van der Waals surface area (Å²) in [5.41, 5.74) is 4.29. The molecule has 1 saturated heterocycles. The second-order valence-electron chi connectivity index (χ2n) is 7.43. The number of amides is 1. The maximum Gasteiger partial charge on any atom is 0.272 e. The molecule has 1 aliphatic carbocycles. The minimum Gasteiger partial charge on any atom is -0.350 e. The minimum absolute atomic E-state index is 0.0300. The normalized spacial score (nSPS) is 20.3. The molecule has 2 aromatic rings. The number of aryl methyl sites for hydroxylation is 1. The van der Waals surface area contributed by atoms with E-state index in [-0.39, 0.29) is 5.91 Å². The summed E-state index contributed by atoms with van der Waals surface area (Å²) in [6.45, 7) is 2.98. The van der Waals surface area contributed by atoms with E-state index in [2.05, 4.69) is 27.4 Å². The largest absolute Gasteiger partial charge is 0.350 e. The molecule has 2 heterocycles. The van der Waals surface area contributed by atoms with Crippen LogP contribution in [0.25, 0.3) is 0 Å². The second kappa shape index (κ2) is 8.48. The van der Waals surface area contributed by atoms with Crippen LogP contribution in [0, 0.1) is 0 Å². The number of thioether (sulfide) groups is 1. The van der Waals surface area contributed by atoms with Gasteiger partial charge in [-0.3, -0.25) is 14.4 Å². The van der Waals surface area contributed by atoms with Crippen molar-refractivity contribution < 1.29 is 4.79 Å². The highest BCUT2D eigenvalue weighted by Crippen LogP contribution is 2.28. The predicted molar refractivity (Wildman–Crippen MR) is 110 cm³/mol. The van der Waals surface area contributed by atoms with E-state index in [0.717, 1.165) is 19.3 Å². The first kappa shape index (κ1) is 18.6. The van der Waals surface area contributed by atoms with Crippen molar-refractivity contribution >= 4 is 17.7 Å². The first-order valence-corrected chi connectivity index (χ1v) is 11.1. The van der Waals surface area contributed by atoms with Crippen LogP contribution in [0.2, 0.25) is 0 Å². The number of nitrogens with zero attached hydrogens (tertiary/aromatic N) is 3. The third-order valence-corrected chi connectivity index (χ3v) is 6.69. The monoisotopic (exact) mass is 384 g/mol. The summed E-state index contributed by atoms with van der Waals surface area (Å²) < 4.78 is 1.92. The zero-order valence-electron chi connectivity index (χ0n) is 16.0. The van der Waals surface area contributed by atoms with Crippen molar-refractivity contribution in [2.24, 2.45) is 7.05 Å². The predicted octanol–water partition coefficient (Wildman–Crippen LogP) is 2.30. The summed E-state index contributed by atoms with van der Waals surface area (Å²) in [7, 11) is 1.97. The van der Waals surface area contributed by atoms with E-state index in [4.69, 9.17) is 0 Å². The fourth-order valence-corrected chi connectivity index (χ4v) is 5.19. The summed E-state index contributed by atoms with van der Waals surface area (Å²) >= 11 is 2.05. The average Bonchev–Trinajstić information content (AvgIpc) is 3.05. The van der Waals surface area contributed by atoms with Gasteiger partial charge in [-0.1, -0.05) is 30.3 Å². The molecule has 1 N–H and O–H groups in total. The van der Waals surface area contributed by atoms with E-state index in [1.54, 1.807) is 0 Å². The van der Waals surface area contributed by atoms with Crippen LogP contribution in [0.1, 0.15) is 33.7 Å². The zero-order valence-corrected chi connectivity index (χ0v) is 16.8. The van der Waals surface area contributed by atoms with Gasteiger partial charge in [0, 0.05) is 55.5 Å². The Kier molecular flexibility index (Phi) is 5.83. The number of fused-ring (bicyclic) bond motifs is 1. The van der Waals surface area contributed by atoms with Crippen LogP contribution in [-0.2, 0) is 26.3 Å². The van der Waals surface area contributed by atoms with Crippen LogP contribution >= 0.6 is 11.8 Å². The lowest BCUT2D eigenvalue weighted by molar-refractivity contribution is 0.0946. The Balaban J connectivity index is 1.42. The Bertz CT molecular complexity index is 783. The van der Waals surface area contributed by atoms with Crippen LogP contribution in [0.4, 0.5) is 0 Å². The fourth-order valence-electron chi connectivity index (χ4n) is 4.26. The lowest BCUT2D eigenvalue weighted by atomic mass is 9.90. The van der Waals surface area contributed by atoms with Gasteiger partial charge in [-0.05, 0) is 31.2 Å². The third-order valence-electron chi connectivity index (χ3n) is 5.75. The van der Waals surface area contributed by atoms with Gasteiger partial charge in [-0.25, -0.2) is 0 Å². The Morgan fingerprint density at radius 3 is 2.81 bits per heavy atom. The average molecular weight is 385 g/mol. The molecule has 6 heteroatoms. The molecule has 0 bridgehead atoms. The SMILES string of the molecule is Cn1nc(C(=O)NCCc2ccccc2)c2c1CC[C@H](N1CCSCC1)C2. The molecule has 27 heavy (non-hydrogen) atoms. The first-order valence-electron chi connectivity index (χ1n) is 9.91. The van der Waals surface area contributed by atoms with E-state index in [1.165, 1.54) is 47.8 Å². The smallest absolute Gasteiger partial charge is 0.272 e. The van der Waals surface area contributed by atoms with Gasteiger partial charge in [-0.15, -0.1) is 0 Å². The van der Waals surface area contributed by atoms with Crippen molar-refractivity contribution in [2.45, 2.75) is 31.7 Å². The molecule has 1 fully saturated rings. The van der Waals surface area contributed by atoms with Crippen LogP contribution in [0.15, 0.2) is 30.3 Å². The number of carbonyl (C=O) groups is 1. The standard InChI is InChI=1S/C21H28N4OS/c1-24-19-8-7-17(25-11-13-27-14-12-25)15-18(19)20(23-24)21(26)22-10-9-16-5-3-2-4-6-16/h2-6,17H,7-15H2,1H3,(H,22,26)/t17-/m0/s1. The second-order valence-corrected chi connectivity index (χ2v) is 8.66. The molecule has 2 aliphatic rings. The highest BCUT2D eigenvalue weighted by molar-refractivity contribution is 7.99. The lowest BCUT2D eigenvalue weighted by Crippen LogP contribution is -2.44. The van der Waals surface area contributed by atoms with Crippen LogP contribution in [0.5, 0.6) is 0 Å². The lowest BCUT2D eigenvalue weighted by Gasteiger charge is -2.36. The van der Waals surface area contributed by atoms with E-state index in [1.807, 2.05) is 41.7 Å². The third kappa shape index (κ3) is 4.22. The van der Waals surface area contributed by atoms with E-state index >= 15 is 0 Å². The number of hydrogen-bond donors (Lipinski definition) is 1. The van der Waals surface area contributed by atoms with Crippen molar-refractivity contribution in [3.63, 3.8) is 0 Å². The van der Waals surface area contributed by atoms with Crippen molar-refractivity contribution in [1.29, 1.82) is 0 Å². The van der Waals surface area contributed by atoms with Gasteiger partial charge in [0.1, 0.15) is 0 Å². The highest BCUT2D eigenvalue weighted by Gasteiger charge is 2.31. The summed E-state index contributed by atoms with van der Waals surface area (Å²) in [5.74, 6) is 2.42. The van der Waals surface area contributed by atoms with Gasteiger partial charge >= 0.3 is 0 Å². The van der Waals surface area contributed by atoms with Gasteiger partial charge in [0.15, 0.2) is 5.69 Å². The van der Waals surface area contributed by atoms with Gasteiger partial charge in [0.2, 0.25) is 0 Å². The highest BCUT2D eigenvalue weighted by atomic mass is 32.2. The molecule has 1 aromatic heterocycles. The van der Waals surface area contributed by atoms with E-state index in [9.17, 15) is 4.79 Å². The first-order chi connectivity index (χ1) is 13.2. The van der Waals surface area contributed by atoms with E-state index in [0.29, 0.717) is 18.3 Å². The summed E-state index contributed by atoms with van der Waals surface area (Å²) in [4.78, 5) is 15.4. The summed E-state index contributed by atoms with van der Waals surface area (Å²) in [6, 6.07) is 10.8. The van der Waals surface area contributed by atoms with Crippen molar-refractivity contribution in [3.8, 4) is 0 Å². The molecule has 0 spiro atoms. The molecule has 0 unspecified atom stereocenters. The maximum atomic E-state index is 12.8. The zero-order chi connectivity index (χ0) is 18.6. The Morgan fingerprint density at radius 1 is 1.26 bits per heavy atom. The van der Waals surface area contributed by atoms with E-state index < -0.39 is 0 Å². The molecule has 1 aromatic carbocycles. The number of rotatable bonds is 5. The summed E-state index contributed by atoms with van der Waals surface area (Å²) in [5, 5.41) is 7.65. The molecule has 1 atom stereocenters. The van der Waals surface area contributed by atoms with Crippen LogP contribution in [-0.4, -0.2) is 57.8 Å². The molecule has 5 nitrogen and oxygen atoms in total. The Hall–Kier alpha value is -1.79. The maximum absolute atomic E-state index is 12.8. The van der Waals surface area contributed by atoms with Crippen molar-refractivity contribution in [1.82, 2.24) is 20.0 Å². The van der Waals surface area contributed by atoms with Gasteiger partial charge in [0.05, 0.1) is 0 Å². The Morgan fingerprint density at radius 2 is 2.04 bits per heavy atom. The molecular formula is C21H28N4OS. The van der Waals surface area contributed by atoms with Crippen LogP contribution < -0.4 is 5.32 Å². The minimum atomic E-state index is -0.0300.